The zero-order valence-corrected chi connectivity index (χ0v) is 13.6. The average molecular weight is 355 g/mol. The van der Waals surface area contributed by atoms with Crippen LogP contribution in [0.5, 0.6) is 0 Å². The van der Waals surface area contributed by atoms with Crippen molar-refractivity contribution < 1.29 is 17.0 Å². The van der Waals surface area contributed by atoms with Gasteiger partial charge in [0.25, 0.3) is 0 Å². The Morgan fingerprint density at radius 2 is 1.24 bits per heavy atom. The fraction of sp³-hybridized carbons (Fsp3) is 0.200. The summed E-state index contributed by atoms with van der Waals surface area (Å²) in [4.78, 5) is 0. The number of benzene rings is 1. The third kappa shape index (κ3) is 4.33. The van der Waals surface area contributed by atoms with Gasteiger partial charge in [0.05, 0.1) is 0 Å². The van der Waals surface area contributed by atoms with Gasteiger partial charge in [-0.3, -0.25) is 0 Å². The van der Waals surface area contributed by atoms with Crippen LogP contribution in [-0.4, -0.2) is 13.6 Å². The molecule has 92 valence electrons. The van der Waals surface area contributed by atoms with Gasteiger partial charge in [0.15, 0.2) is 0 Å². The largest absolute Gasteiger partial charge is 1.00 e. The van der Waals surface area contributed by atoms with E-state index >= 15 is 0 Å². The molecule has 0 saturated heterocycles. The smallest absolute Gasteiger partial charge is 1.00 e. The van der Waals surface area contributed by atoms with Crippen molar-refractivity contribution in [2.24, 2.45) is 0 Å². The van der Waals surface area contributed by atoms with Crippen LogP contribution < -0.4 is 21.3 Å². The molecule has 0 N–H and O–H groups in total. The second kappa shape index (κ2) is 8.55. The summed E-state index contributed by atoms with van der Waals surface area (Å²) in [6, 6.07) is 10.8. The molecule has 0 aromatic heterocycles. The molecule has 0 atom stereocenters. The van der Waals surface area contributed by atoms with Gasteiger partial charge in [0.2, 0.25) is 0 Å². The first kappa shape index (κ1) is 16.5. The van der Waals surface area contributed by atoms with Crippen LogP contribution >= 0.6 is 0 Å². The minimum absolute atomic E-state index is 0. The van der Waals surface area contributed by atoms with Crippen LogP contribution in [0.4, 0.5) is 0 Å². The molecular formula is C15H20AsBr. The zero-order valence-electron chi connectivity index (χ0n) is 10.2. The van der Waals surface area contributed by atoms with Crippen molar-refractivity contribution in [2.45, 2.75) is 15.6 Å². The second-order valence-electron chi connectivity index (χ2n) is 3.89. The molecule has 1 aromatic rings. The van der Waals surface area contributed by atoms with E-state index in [0.29, 0.717) is 0 Å². The predicted octanol–water partition coefficient (Wildman–Crippen LogP) is 0.904. The molecule has 0 amide bonds. The Labute approximate surface area is 118 Å². The number of rotatable bonds is 7. The number of allylic oxidation sites excluding steroid dienone is 3. The molecule has 0 fully saturated rings. The molecule has 0 nitrogen and oxygen atoms in total. The summed E-state index contributed by atoms with van der Waals surface area (Å²) in [6.45, 7) is 11.7. The van der Waals surface area contributed by atoms with Crippen LogP contribution in [0.1, 0.15) is 0 Å². The minimum atomic E-state index is -1.91. The van der Waals surface area contributed by atoms with Crippen LogP contribution in [0.2, 0.25) is 15.6 Å². The van der Waals surface area contributed by atoms with Crippen molar-refractivity contribution in [2.75, 3.05) is 0 Å². The fourth-order valence-electron chi connectivity index (χ4n) is 2.03. The first-order chi connectivity index (χ1) is 7.79. The van der Waals surface area contributed by atoms with E-state index in [9.17, 15) is 0 Å². The summed E-state index contributed by atoms with van der Waals surface area (Å²) in [5.41, 5.74) is 0. The summed E-state index contributed by atoms with van der Waals surface area (Å²) in [5.74, 6) is 0. The normalized spacial score (nSPS) is 10.1. The Hall–Kier alpha value is -0.522. The Balaban J connectivity index is 0.00000256. The van der Waals surface area contributed by atoms with Gasteiger partial charge in [-0.15, -0.1) is 0 Å². The van der Waals surface area contributed by atoms with Crippen molar-refractivity contribution in [3.05, 3.63) is 68.3 Å². The second-order valence-corrected chi connectivity index (χ2v) is 12.1. The van der Waals surface area contributed by atoms with Gasteiger partial charge >= 0.3 is 102 Å². The quantitative estimate of drug-likeness (QED) is 0.504. The summed E-state index contributed by atoms with van der Waals surface area (Å²) < 4.78 is 1.51. The van der Waals surface area contributed by atoms with Gasteiger partial charge in [-0.1, -0.05) is 0 Å². The molecule has 0 aliphatic carbocycles. The van der Waals surface area contributed by atoms with Crippen LogP contribution in [0.15, 0.2) is 68.3 Å². The van der Waals surface area contributed by atoms with Crippen molar-refractivity contribution in [1.29, 1.82) is 0 Å². The standard InChI is InChI=1S/C15H20As.BrH/c1-4-12-16(13-5-2,14-6-3)15-10-8-7-9-11-15;/h4-11H,1-3,12-14H2;1H/q+1;/p-1. The molecule has 1 aromatic carbocycles. The molecule has 2 heteroatoms. The van der Waals surface area contributed by atoms with E-state index in [1.165, 1.54) is 4.35 Å². The topological polar surface area (TPSA) is 0 Å². The van der Waals surface area contributed by atoms with Crippen molar-refractivity contribution >= 4 is 17.9 Å². The maximum Gasteiger partial charge on any atom is -1.00 e. The number of halogens is 1. The van der Waals surface area contributed by atoms with Crippen LogP contribution in [-0.2, 0) is 0 Å². The van der Waals surface area contributed by atoms with Crippen LogP contribution in [0, 0.1) is 0 Å². The first-order valence-corrected chi connectivity index (χ1v) is 10.5. The van der Waals surface area contributed by atoms with E-state index in [4.69, 9.17) is 0 Å². The van der Waals surface area contributed by atoms with Gasteiger partial charge < -0.3 is 17.0 Å². The maximum absolute atomic E-state index is 3.91. The molecule has 0 aliphatic rings. The van der Waals surface area contributed by atoms with Crippen molar-refractivity contribution in [1.82, 2.24) is 0 Å². The molecule has 0 unspecified atom stereocenters. The molecule has 0 saturated carbocycles. The molecule has 0 heterocycles. The maximum atomic E-state index is 3.91. The summed E-state index contributed by atoms with van der Waals surface area (Å²) in [5, 5.41) is 3.38. The van der Waals surface area contributed by atoms with E-state index in [0.717, 1.165) is 15.6 Å². The Kier molecular flexibility index (Phi) is 8.29. The summed E-state index contributed by atoms with van der Waals surface area (Å²) in [6.07, 6.45) is 6.19. The van der Waals surface area contributed by atoms with Crippen molar-refractivity contribution in [3.8, 4) is 0 Å². The van der Waals surface area contributed by atoms with Crippen LogP contribution in [0.25, 0.3) is 0 Å². The zero-order chi connectivity index (χ0) is 11.9. The summed E-state index contributed by atoms with van der Waals surface area (Å²) in [7, 11) is 0. The van der Waals surface area contributed by atoms with Gasteiger partial charge in [-0.2, -0.15) is 0 Å². The molecular weight excluding hydrogens is 335 g/mol. The van der Waals surface area contributed by atoms with E-state index in [1.54, 1.807) is 0 Å². The van der Waals surface area contributed by atoms with Crippen molar-refractivity contribution in [3.63, 3.8) is 0 Å². The van der Waals surface area contributed by atoms with E-state index in [2.05, 4.69) is 68.3 Å². The van der Waals surface area contributed by atoms with Gasteiger partial charge in [-0.05, 0) is 0 Å². The Morgan fingerprint density at radius 1 is 0.824 bits per heavy atom. The average Bonchev–Trinajstić information content (AvgIpc) is 2.31. The monoisotopic (exact) mass is 354 g/mol. The number of hydrogen-bond donors (Lipinski definition) is 0. The molecule has 0 bridgehead atoms. The number of hydrogen-bond acceptors (Lipinski definition) is 0. The van der Waals surface area contributed by atoms with Crippen LogP contribution in [0.3, 0.4) is 0 Å². The molecule has 17 heavy (non-hydrogen) atoms. The molecule has 0 radical (unpaired) electrons. The van der Waals surface area contributed by atoms with E-state index < -0.39 is 13.6 Å². The van der Waals surface area contributed by atoms with E-state index in [1.807, 2.05) is 0 Å². The molecule has 1 rings (SSSR count). The summed E-state index contributed by atoms with van der Waals surface area (Å²) >= 11 is -1.91. The van der Waals surface area contributed by atoms with E-state index in [-0.39, 0.29) is 17.0 Å². The predicted molar refractivity (Wildman–Crippen MR) is 76.8 cm³/mol. The first-order valence-electron chi connectivity index (χ1n) is 5.53. The minimum Gasteiger partial charge on any atom is -1.00 e. The Morgan fingerprint density at radius 3 is 1.59 bits per heavy atom. The fourth-order valence-corrected chi connectivity index (χ4v) is 9.09. The van der Waals surface area contributed by atoms with Gasteiger partial charge in [-0.25, -0.2) is 0 Å². The molecule has 0 spiro atoms. The third-order valence-corrected chi connectivity index (χ3v) is 11.7. The van der Waals surface area contributed by atoms with Gasteiger partial charge in [0.1, 0.15) is 0 Å². The third-order valence-electron chi connectivity index (χ3n) is 2.74. The SMILES string of the molecule is C=CC[As+](CC=C)(CC=C)c1ccccc1.[Br-]. The molecule has 0 aliphatic heterocycles. The Bertz CT molecular complexity index is 330. The van der Waals surface area contributed by atoms with Gasteiger partial charge in [0, 0.05) is 0 Å².